The molecule has 0 saturated heterocycles. The molecule has 1 N–H and O–H groups in total. The number of carboxylic acid groups (broad SMARTS) is 1. The van der Waals surface area contributed by atoms with Crippen molar-refractivity contribution in [2.75, 3.05) is 0 Å². The highest BCUT2D eigenvalue weighted by molar-refractivity contribution is 5.82. The van der Waals surface area contributed by atoms with Gasteiger partial charge in [-0.3, -0.25) is 4.79 Å². The molecule has 1 heterocycles. The molecule has 4 nitrogen and oxygen atoms in total. The van der Waals surface area contributed by atoms with Gasteiger partial charge in [-0.1, -0.05) is 26.0 Å². The number of carbonyl (C=O) groups is 1. The number of aromatic nitrogens is 1. The largest absolute Gasteiger partial charge is 0.480 e. The van der Waals surface area contributed by atoms with E-state index in [2.05, 4.69) is 13.8 Å². The van der Waals surface area contributed by atoms with E-state index in [1.807, 2.05) is 12.1 Å². The quantitative estimate of drug-likeness (QED) is 0.922. The van der Waals surface area contributed by atoms with Gasteiger partial charge in [-0.15, -0.1) is 0 Å². The van der Waals surface area contributed by atoms with Crippen molar-refractivity contribution in [2.45, 2.75) is 32.7 Å². The summed E-state index contributed by atoms with van der Waals surface area (Å²) in [6, 6.07) is 6.61. The predicted octanol–water partition coefficient (Wildman–Crippen LogP) is 2.77. The smallest absolute Gasteiger partial charge is 0.326 e. The summed E-state index contributed by atoms with van der Waals surface area (Å²) in [5, 5.41) is 10.4. The monoisotopic (exact) mass is 259 g/mol. The number of fused-ring (bicyclic) bond motifs is 1. The van der Waals surface area contributed by atoms with Gasteiger partial charge in [0.25, 0.3) is 5.56 Å². The zero-order valence-corrected chi connectivity index (χ0v) is 11.3. The molecule has 100 valence electrons. The van der Waals surface area contributed by atoms with Gasteiger partial charge in [0.15, 0.2) is 0 Å². The molecule has 0 aliphatic heterocycles. The number of aliphatic carboxylic acids is 1. The maximum Gasteiger partial charge on any atom is 0.326 e. The minimum Gasteiger partial charge on any atom is -0.480 e. The molecule has 0 spiro atoms. The number of pyridine rings is 1. The second-order valence-electron chi connectivity index (χ2n) is 5.04. The van der Waals surface area contributed by atoms with Gasteiger partial charge in [-0.25, -0.2) is 4.79 Å². The molecule has 0 fully saturated rings. The van der Waals surface area contributed by atoms with Crippen molar-refractivity contribution in [1.82, 2.24) is 4.57 Å². The fourth-order valence-corrected chi connectivity index (χ4v) is 2.06. The van der Waals surface area contributed by atoms with Gasteiger partial charge in [0.2, 0.25) is 0 Å². The first-order valence-electron chi connectivity index (χ1n) is 6.29. The highest BCUT2D eigenvalue weighted by atomic mass is 16.4. The SMILES string of the molecule is CC(C)c1ccc2c(=O)n(C(C)C(=O)O)ccc2c1. The fraction of sp³-hybridized carbons (Fsp3) is 0.333. The lowest BCUT2D eigenvalue weighted by atomic mass is 10.00. The van der Waals surface area contributed by atoms with Gasteiger partial charge in [-0.05, 0) is 35.9 Å². The second-order valence-corrected chi connectivity index (χ2v) is 5.04. The number of nitrogens with zero attached hydrogens (tertiary/aromatic N) is 1. The van der Waals surface area contributed by atoms with Crippen LogP contribution in [0.2, 0.25) is 0 Å². The molecule has 1 aromatic heterocycles. The van der Waals surface area contributed by atoms with Crippen LogP contribution in [0.25, 0.3) is 10.8 Å². The van der Waals surface area contributed by atoms with E-state index in [4.69, 9.17) is 5.11 Å². The Balaban J connectivity index is 2.64. The van der Waals surface area contributed by atoms with Crippen LogP contribution in [-0.2, 0) is 4.79 Å². The van der Waals surface area contributed by atoms with E-state index < -0.39 is 12.0 Å². The Hall–Kier alpha value is -2.10. The molecule has 2 aromatic rings. The third-order valence-corrected chi connectivity index (χ3v) is 3.40. The van der Waals surface area contributed by atoms with Crippen LogP contribution >= 0.6 is 0 Å². The van der Waals surface area contributed by atoms with Gasteiger partial charge in [0, 0.05) is 11.6 Å². The molecule has 2 rings (SSSR count). The maximum absolute atomic E-state index is 12.3. The van der Waals surface area contributed by atoms with Crippen molar-refractivity contribution < 1.29 is 9.90 Å². The van der Waals surface area contributed by atoms with Gasteiger partial charge in [0.1, 0.15) is 6.04 Å². The van der Waals surface area contributed by atoms with Gasteiger partial charge >= 0.3 is 5.97 Å². The highest BCUT2D eigenvalue weighted by Crippen LogP contribution is 2.19. The zero-order chi connectivity index (χ0) is 14.2. The van der Waals surface area contributed by atoms with Crippen molar-refractivity contribution in [3.8, 4) is 0 Å². The number of benzene rings is 1. The van der Waals surface area contributed by atoms with Gasteiger partial charge in [0.05, 0.1) is 0 Å². The highest BCUT2D eigenvalue weighted by Gasteiger charge is 2.15. The van der Waals surface area contributed by atoms with Crippen LogP contribution in [0, 0.1) is 0 Å². The summed E-state index contributed by atoms with van der Waals surface area (Å²) in [6.07, 6.45) is 1.55. The zero-order valence-electron chi connectivity index (χ0n) is 11.3. The molecular weight excluding hydrogens is 242 g/mol. The molecule has 0 radical (unpaired) electrons. The Morgan fingerprint density at radius 2 is 1.89 bits per heavy atom. The van der Waals surface area contributed by atoms with Crippen LogP contribution in [0.1, 0.15) is 38.3 Å². The van der Waals surface area contributed by atoms with Crippen LogP contribution in [0.15, 0.2) is 35.3 Å². The van der Waals surface area contributed by atoms with Gasteiger partial charge in [-0.2, -0.15) is 0 Å². The molecule has 0 aliphatic rings. The summed E-state index contributed by atoms with van der Waals surface area (Å²) in [5.41, 5.74) is 0.902. The minimum atomic E-state index is -1.01. The molecule has 1 aromatic carbocycles. The number of rotatable bonds is 3. The molecule has 19 heavy (non-hydrogen) atoms. The average molecular weight is 259 g/mol. The average Bonchev–Trinajstić information content (AvgIpc) is 2.37. The second kappa shape index (κ2) is 4.88. The Kier molecular flexibility index (Phi) is 3.42. The molecule has 0 amide bonds. The lowest BCUT2D eigenvalue weighted by Crippen LogP contribution is -2.27. The van der Waals surface area contributed by atoms with E-state index in [1.54, 1.807) is 18.3 Å². The summed E-state index contributed by atoms with van der Waals surface area (Å²) in [4.78, 5) is 23.2. The van der Waals surface area contributed by atoms with E-state index in [-0.39, 0.29) is 5.56 Å². The predicted molar refractivity (Wildman–Crippen MR) is 74.6 cm³/mol. The van der Waals surface area contributed by atoms with E-state index in [1.165, 1.54) is 11.5 Å². The first kappa shape index (κ1) is 13.3. The molecule has 4 heteroatoms. The summed E-state index contributed by atoms with van der Waals surface area (Å²) < 4.78 is 1.25. The van der Waals surface area contributed by atoms with Crippen molar-refractivity contribution >= 4 is 16.7 Å². The Morgan fingerprint density at radius 1 is 1.21 bits per heavy atom. The van der Waals surface area contributed by atoms with Crippen molar-refractivity contribution in [2.24, 2.45) is 0 Å². The Bertz CT molecular complexity index is 685. The Morgan fingerprint density at radius 3 is 2.47 bits per heavy atom. The van der Waals surface area contributed by atoms with Crippen molar-refractivity contribution in [1.29, 1.82) is 0 Å². The number of hydrogen-bond donors (Lipinski definition) is 1. The molecule has 0 bridgehead atoms. The van der Waals surface area contributed by atoms with E-state index in [0.717, 1.165) is 10.9 Å². The summed E-state index contributed by atoms with van der Waals surface area (Å²) in [6.45, 7) is 5.68. The first-order valence-corrected chi connectivity index (χ1v) is 6.29. The minimum absolute atomic E-state index is 0.261. The Labute approximate surface area is 111 Å². The van der Waals surface area contributed by atoms with E-state index in [0.29, 0.717) is 11.3 Å². The maximum atomic E-state index is 12.3. The van der Waals surface area contributed by atoms with Crippen LogP contribution in [0.3, 0.4) is 0 Å². The lowest BCUT2D eigenvalue weighted by molar-refractivity contribution is -0.140. The van der Waals surface area contributed by atoms with Crippen molar-refractivity contribution in [3.05, 3.63) is 46.4 Å². The molecule has 0 aliphatic carbocycles. The van der Waals surface area contributed by atoms with E-state index >= 15 is 0 Å². The van der Waals surface area contributed by atoms with Crippen LogP contribution in [-0.4, -0.2) is 15.6 Å². The molecule has 1 atom stereocenters. The first-order chi connectivity index (χ1) is 8.91. The van der Waals surface area contributed by atoms with Crippen molar-refractivity contribution in [3.63, 3.8) is 0 Å². The topological polar surface area (TPSA) is 59.3 Å². The molecule has 0 saturated carbocycles. The van der Waals surface area contributed by atoms with Crippen LogP contribution in [0.5, 0.6) is 0 Å². The number of carboxylic acids is 1. The third kappa shape index (κ3) is 2.38. The summed E-state index contributed by atoms with van der Waals surface area (Å²) >= 11 is 0. The van der Waals surface area contributed by atoms with Crippen LogP contribution in [0.4, 0.5) is 0 Å². The normalized spacial score (nSPS) is 12.8. The number of hydrogen-bond acceptors (Lipinski definition) is 2. The fourth-order valence-electron chi connectivity index (χ4n) is 2.06. The molecule has 1 unspecified atom stereocenters. The molecular formula is C15H17NO3. The summed E-state index contributed by atoms with van der Waals surface area (Å²) in [5.74, 6) is -0.620. The lowest BCUT2D eigenvalue weighted by Gasteiger charge is -2.12. The van der Waals surface area contributed by atoms with Gasteiger partial charge < -0.3 is 9.67 Å². The standard InChI is InChI=1S/C15H17NO3/c1-9(2)11-4-5-13-12(8-11)6-7-16(14(13)17)10(3)15(18)19/h4-10H,1-3H3,(H,18,19). The third-order valence-electron chi connectivity index (χ3n) is 3.40. The summed E-state index contributed by atoms with van der Waals surface area (Å²) in [7, 11) is 0. The van der Waals surface area contributed by atoms with Crippen LogP contribution < -0.4 is 5.56 Å². The van der Waals surface area contributed by atoms with E-state index in [9.17, 15) is 9.59 Å².